The van der Waals surface area contributed by atoms with E-state index in [1.54, 1.807) is 6.92 Å². The van der Waals surface area contributed by atoms with Gasteiger partial charge in [-0.25, -0.2) is 4.31 Å². The van der Waals surface area contributed by atoms with Crippen LogP contribution in [0.4, 0.5) is 0 Å². The number of aliphatic hydroxyl groups is 5. The molecule has 21 heteroatoms. The molecule has 0 radical (unpaired) electrons. The van der Waals surface area contributed by atoms with Crippen LogP contribution in [0.5, 0.6) is 0 Å². The molecule has 0 aliphatic carbocycles. The van der Waals surface area contributed by atoms with Gasteiger partial charge in [0.25, 0.3) is 15.6 Å². The third-order valence-corrected chi connectivity index (χ3v) is 18.8. The predicted octanol–water partition coefficient (Wildman–Crippen LogP) is 13.1. The number of amides is 2. The molecule has 2 heterocycles. The Bertz CT molecular complexity index is 2710. The molecule has 0 saturated carbocycles. The van der Waals surface area contributed by atoms with E-state index in [1.165, 1.54) is 61.8 Å². The molecule has 12 atom stereocenters. The van der Waals surface area contributed by atoms with Crippen molar-refractivity contribution in [3.63, 3.8) is 0 Å². The van der Waals surface area contributed by atoms with Crippen molar-refractivity contribution < 1.29 is 81.6 Å². The van der Waals surface area contributed by atoms with Gasteiger partial charge in [-0.05, 0) is 212 Å². The van der Waals surface area contributed by atoms with Crippen LogP contribution in [0.1, 0.15) is 225 Å². The van der Waals surface area contributed by atoms with Crippen LogP contribution < -0.4 is 20.4 Å². The van der Waals surface area contributed by atoms with E-state index in [4.69, 9.17) is 23.3 Å². The lowest BCUT2D eigenvalue weighted by Gasteiger charge is -2.48. The minimum Gasteiger partial charge on any atom is -0.756 e. The molecule has 19 nitrogen and oxygen atoms in total. The normalized spacial score (nSPS) is 25.1. The van der Waals surface area contributed by atoms with Gasteiger partial charge in [-0.15, -0.1) is 0 Å². The first-order valence-corrected chi connectivity index (χ1v) is 35.9. The van der Waals surface area contributed by atoms with Gasteiger partial charge < -0.3 is 64.7 Å². The zero-order chi connectivity index (χ0) is 69.0. The van der Waals surface area contributed by atoms with Crippen LogP contribution in [-0.4, -0.2) is 118 Å². The number of hydrogen-bond donors (Lipinski definition) is 7. The molecule has 2 aliphatic rings. The number of ether oxygens (including phenoxy) is 3. The van der Waals surface area contributed by atoms with Gasteiger partial charge >= 0.3 is 0 Å². The topological polar surface area (TPSA) is 295 Å². The summed E-state index contributed by atoms with van der Waals surface area (Å²) in [6.07, 6.45) is 31.2. The molecule has 2 rings (SSSR count). The van der Waals surface area contributed by atoms with E-state index in [1.807, 2.05) is 0 Å². The number of allylic oxidation sites excluding steroid dienone is 21. The second-order valence-corrected chi connectivity index (χ2v) is 28.4. The molecule has 7 N–H and O–H groups in total. The Kier molecular flexibility index (Phi) is 41.6. The monoisotopic (exact) mass is 1330 g/mol. The number of nitrogens with one attached hydrogen (secondary N) is 2. The Hall–Kier alpha value is -3.98. The molecule has 2 amide bonds. The predicted molar refractivity (Wildman–Crippen MR) is 362 cm³/mol. The molecule has 2 unspecified atom stereocenters. The van der Waals surface area contributed by atoms with Gasteiger partial charge in [-0.3, -0.25) is 23.2 Å². The highest BCUT2D eigenvalue weighted by Crippen LogP contribution is 2.57. The van der Waals surface area contributed by atoms with Crippen LogP contribution in [0.3, 0.4) is 0 Å². The Labute approximate surface area is 551 Å². The van der Waals surface area contributed by atoms with E-state index in [9.17, 15) is 54.0 Å². The summed E-state index contributed by atoms with van der Waals surface area (Å²) in [4.78, 5) is 50.2. The third kappa shape index (κ3) is 36.8. The molecule has 0 aromatic carbocycles. The van der Waals surface area contributed by atoms with E-state index < -0.39 is 109 Å². The highest BCUT2D eigenvalue weighted by molar-refractivity contribution is 7.59. The van der Waals surface area contributed by atoms with Gasteiger partial charge in [-0.1, -0.05) is 128 Å². The lowest BCUT2D eigenvalue weighted by molar-refractivity contribution is -0.327. The van der Waals surface area contributed by atoms with E-state index in [0.29, 0.717) is 12.8 Å². The summed E-state index contributed by atoms with van der Waals surface area (Å²) in [6.45, 7) is 25.8. The fourth-order valence-electron chi connectivity index (χ4n) is 10.5. The average molecular weight is 1330 g/mol. The number of aliphatic hydroxyl groups excluding tert-OH is 5. The van der Waals surface area contributed by atoms with Crippen LogP contribution in [0.25, 0.3) is 0 Å². The van der Waals surface area contributed by atoms with Gasteiger partial charge in [0, 0.05) is 13.8 Å². The Morgan fingerprint density at radius 3 is 1.02 bits per heavy atom. The average Bonchev–Trinajstić information content (AvgIpc) is 0.791. The van der Waals surface area contributed by atoms with Crippen molar-refractivity contribution in [2.45, 2.75) is 287 Å². The zero-order valence-corrected chi connectivity index (χ0v) is 59.7. The van der Waals surface area contributed by atoms with Crippen molar-refractivity contribution in [2.24, 2.45) is 0 Å². The first kappa shape index (κ1) is 84.1. The maximum atomic E-state index is 13.1. The largest absolute Gasteiger partial charge is 0.756 e. The number of rotatable bonds is 43. The molecule has 0 aromatic rings. The van der Waals surface area contributed by atoms with E-state index in [-0.39, 0.29) is 0 Å². The molecular formula is C71H116N2O17P2-2. The van der Waals surface area contributed by atoms with Crippen molar-refractivity contribution in [3.05, 3.63) is 128 Å². The standard InChI is InChI=1S/C71H118N2O17P2/c1-49(2)25-15-26-50(3)27-16-28-51(4)29-17-30-52(5)31-18-32-53(6)33-19-34-54(7)35-20-36-55(8)37-21-38-56(9)39-22-40-57(10)41-23-42-58(11)43-24-44-59(12)45-46-85-91(81,82)90-92(83,84)89-71-65(73-61(14)77)69(67(79)63(48-75)87-71)88-70-64(72-60(13)76)68(80)66(78)62(47-74)86-70/h25,27,29,31,33,35,37,39,41,43,45,62-71,74-75,78-80H,15-24,26,28,30,32,34,36,38,40,42,44,46-48H2,1-14H3,(H,72,76)(H,73,77)(H,81,82)(H,83,84)/p-2/b50-27+,51-29+,52-31-,53-33-,54-35-,55-37-,56-39-,57-41-,58-43-,59-45-/t62-,63-,64-,65-,66+,67+,68-,69-,70-,71-/m1/s1. The summed E-state index contributed by atoms with van der Waals surface area (Å²) in [6, 6.07) is -3.38. The van der Waals surface area contributed by atoms with Crippen LogP contribution in [-0.2, 0) is 46.3 Å². The lowest BCUT2D eigenvalue weighted by atomic mass is 9.94. The number of phosphoric ester groups is 2. The van der Waals surface area contributed by atoms with Crippen molar-refractivity contribution >= 4 is 27.5 Å². The highest BCUT2D eigenvalue weighted by atomic mass is 31.3. The number of phosphoric acid groups is 2. The minimum absolute atomic E-state index is 0.566. The zero-order valence-electron chi connectivity index (χ0n) is 57.9. The summed E-state index contributed by atoms with van der Waals surface area (Å²) in [5, 5.41) is 56.7. The Morgan fingerprint density at radius 2 is 0.707 bits per heavy atom. The maximum absolute atomic E-state index is 13.1. The van der Waals surface area contributed by atoms with Gasteiger partial charge in [0.15, 0.2) is 12.6 Å². The van der Waals surface area contributed by atoms with E-state index >= 15 is 0 Å². The minimum atomic E-state index is -5.98. The number of carbonyl (C=O) groups is 2. The van der Waals surface area contributed by atoms with Crippen LogP contribution >= 0.6 is 15.6 Å². The van der Waals surface area contributed by atoms with Crippen LogP contribution in [0.2, 0.25) is 0 Å². The van der Waals surface area contributed by atoms with Crippen LogP contribution in [0.15, 0.2) is 128 Å². The molecule has 0 bridgehead atoms. The number of carbonyl (C=O) groups excluding carboxylic acids is 2. The van der Waals surface area contributed by atoms with Crippen molar-refractivity contribution in [1.29, 1.82) is 0 Å². The highest BCUT2D eigenvalue weighted by Gasteiger charge is 2.53. The summed E-state index contributed by atoms with van der Waals surface area (Å²) in [7, 11) is -11.6. The molecular weight excluding hydrogens is 1210 g/mol. The molecule has 2 fully saturated rings. The van der Waals surface area contributed by atoms with Gasteiger partial charge in [0.05, 0.1) is 19.8 Å². The Balaban J connectivity index is 1.73. The fraction of sp³-hybridized carbons (Fsp3) is 0.662. The maximum Gasteiger partial charge on any atom is 0.276 e. The smallest absolute Gasteiger partial charge is 0.276 e. The Morgan fingerprint density at radius 1 is 0.413 bits per heavy atom. The second-order valence-electron chi connectivity index (χ2n) is 25.5. The van der Waals surface area contributed by atoms with Gasteiger partial charge in [0.2, 0.25) is 11.8 Å². The fourth-order valence-corrected chi connectivity index (χ4v) is 12.6. The summed E-state index contributed by atoms with van der Waals surface area (Å²) in [5.74, 6) is -1.57. The summed E-state index contributed by atoms with van der Waals surface area (Å²) in [5.41, 5.74) is 15.0. The van der Waals surface area contributed by atoms with Crippen LogP contribution in [0, 0.1) is 0 Å². The molecule has 92 heavy (non-hydrogen) atoms. The first-order chi connectivity index (χ1) is 43.3. The van der Waals surface area contributed by atoms with Gasteiger partial charge in [-0.2, -0.15) is 0 Å². The molecule has 2 saturated heterocycles. The van der Waals surface area contributed by atoms with Crippen molar-refractivity contribution in [1.82, 2.24) is 10.6 Å². The molecule has 2 aliphatic heterocycles. The van der Waals surface area contributed by atoms with Crippen molar-refractivity contribution in [2.75, 3.05) is 19.8 Å². The van der Waals surface area contributed by atoms with E-state index in [2.05, 4.69) is 152 Å². The lowest BCUT2D eigenvalue weighted by Crippen LogP contribution is -2.69. The van der Waals surface area contributed by atoms with Crippen molar-refractivity contribution in [3.8, 4) is 0 Å². The quantitative estimate of drug-likeness (QED) is 0.0220. The molecule has 524 valence electrons. The molecule has 0 spiro atoms. The number of hydrogen-bond acceptors (Lipinski definition) is 17. The summed E-state index contributed by atoms with van der Waals surface area (Å²) >= 11 is 0. The third-order valence-electron chi connectivity index (χ3n) is 16.2. The van der Waals surface area contributed by atoms with Gasteiger partial charge in [0.1, 0.15) is 48.7 Å². The second kappa shape index (κ2) is 45.5. The first-order valence-electron chi connectivity index (χ1n) is 33.0. The molecule has 0 aromatic heterocycles. The van der Waals surface area contributed by atoms with E-state index in [0.717, 1.165) is 135 Å². The SMILES string of the molecule is CC(=O)N[C@H]1[C@@H](O[C@H]2[C@@H](O)[C@@H](CO)O[C@H](OP(=O)([O-])OP(=O)([O-])OC/C=C(/C)CC/C=C(/C)CC/C=C(/C)CC/C=C(/C)CC/C=C(/C)CC/C=C(/C)CC/C=C(/C)CC/C=C(/C)CC/C=C(\C)CC/C=C(\C)CCC=C(C)C)[C@@H]2NC(C)=O)O[C@H](CO)[C@H](O)[C@@H]1O. The summed E-state index contributed by atoms with van der Waals surface area (Å²) < 4.78 is 56.7.